The van der Waals surface area contributed by atoms with Crippen LogP contribution in [0.4, 0.5) is 5.69 Å². The van der Waals surface area contributed by atoms with Crippen molar-refractivity contribution in [2.75, 3.05) is 38.2 Å². The van der Waals surface area contributed by atoms with Crippen molar-refractivity contribution in [3.8, 4) is 5.75 Å². The number of rotatable bonds is 4. The molecule has 130 valence electrons. The van der Waals surface area contributed by atoms with Crippen LogP contribution < -0.4 is 9.64 Å². The van der Waals surface area contributed by atoms with Crippen LogP contribution in [0.1, 0.15) is 11.1 Å². The molecule has 0 bridgehead atoms. The van der Waals surface area contributed by atoms with Crippen molar-refractivity contribution in [2.24, 2.45) is 0 Å². The summed E-state index contributed by atoms with van der Waals surface area (Å²) in [4.78, 5) is 16.7. The van der Waals surface area contributed by atoms with Gasteiger partial charge in [-0.1, -0.05) is 24.3 Å². The quantitative estimate of drug-likeness (QED) is 0.803. The van der Waals surface area contributed by atoms with Gasteiger partial charge in [0.25, 0.3) is 0 Å². The van der Waals surface area contributed by atoms with E-state index in [1.807, 2.05) is 35.2 Å². The summed E-state index contributed by atoms with van der Waals surface area (Å²) in [5.41, 5.74) is 3.46. The van der Waals surface area contributed by atoms with Gasteiger partial charge in [0.05, 0.1) is 7.11 Å². The third-order valence-corrected chi connectivity index (χ3v) is 4.47. The van der Waals surface area contributed by atoms with Gasteiger partial charge in [0, 0.05) is 37.9 Å². The first-order chi connectivity index (χ1) is 12.2. The van der Waals surface area contributed by atoms with E-state index in [-0.39, 0.29) is 5.91 Å². The molecule has 0 aliphatic carbocycles. The standard InChI is InChI=1S/C21H24N2O2/c1-17-5-3-7-19(15-17)22-11-13-23(14-12-22)21(24)10-9-18-6-4-8-20(16-18)25-2/h3-10,15-16H,11-14H2,1-2H3. The molecule has 0 spiro atoms. The Labute approximate surface area is 149 Å². The average molecular weight is 336 g/mol. The minimum Gasteiger partial charge on any atom is -0.497 e. The zero-order valence-electron chi connectivity index (χ0n) is 14.8. The minimum absolute atomic E-state index is 0.0618. The van der Waals surface area contributed by atoms with Gasteiger partial charge in [-0.25, -0.2) is 0 Å². The van der Waals surface area contributed by atoms with Crippen molar-refractivity contribution in [1.82, 2.24) is 4.90 Å². The van der Waals surface area contributed by atoms with Gasteiger partial charge in [-0.3, -0.25) is 4.79 Å². The molecule has 0 atom stereocenters. The Morgan fingerprint density at radius 1 is 1.04 bits per heavy atom. The van der Waals surface area contributed by atoms with E-state index in [1.165, 1.54) is 11.3 Å². The van der Waals surface area contributed by atoms with Crippen molar-refractivity contribution in [2.45, 2.75) is 6.92 Å². The molecule has 0 saturated carbocycles. The summed E-state index contributed by atoms with van der Waals surface area (Å²) in [6.45, 7) is 5.32. The molecule has 4 heteroatoms. The molecule has 1 aliphatic rings. The topological polar surface area (TPSA) is 32.8 Å². The van der Waals surface area contributed by atoms with Gasteiger partial charge in [0.1, 0.15) is 5.75 Å². The summed E-state index contributed by atoms with van der Waals surface area (Å²) in [6.07, 6.45) is 3.49. The first-order valence-electron chi connectivity index (χ1n) is 8.58. The van der Waals surface area contributed by atoms with Gasteiger partial charge < -0.3 is 14.5 Å². The van der Waals surface area contributed by atoms with Gasteiger partial charge in [0.15, 0.2) is 0 Å². The van der Waals surface area contributed by atoms with Crippen molar-refractivity contribution < 1.29 is 9.53 Å². The molecule has 4 nitrogen and oxygen atoms in total. The highest BCUT2D eigenvalue weighted by Gasteiger charge is 2.19. The number of hydrogen-bond donors (Lipinski definition) is 0. The average Bonchev–Trinajstić information content (AvgIpc) is 2.66. The Hall–Kier alpha value is -2.75. The molecule has 0 aromatic heterocycles. The van der Waals surface area contributed by atoms with E-state index in [9.17, 15) is 4.79 Å². The van der Waals surface area contributed by atoms with Crippen LogP contribution in [-0.2, 0) is 4.79 Å². The van der Waals surface area contributed by atoms with E-state index in [4.69, 9.17) is 4.74 Å². The van der Waals surface area contributed by atoms with E-state index in [1.54, 1.807) is 13.2 Å². The lowest BCUT2D eigenvalue weighted by atomic mass is 10.2. The van der Waals surface area contributed by atoms with Crippen molar-refractivity contribution >= 4 is 17.7 Å². The zero-order valence-corrected chi connectivity index (χ0v) is 14.8. The number of carbonyl (C=O) groups excluding carboxylic acids is 1. The van der Waals surface area contributed by atoms with Crippen LogP contribution in [0.15, 0.2) is 54.6 Å². The molecule has 1 heterocycles. The molecule has 0 unspecified atom stereocenters. The fourth-order valence-electron chi connectivity index (χ4n) is 3.03. The van der Waals surface area contributed by atoms with Gasteiger partial charge in [-0.15, -0.1) is 0 Å². The lowest BCUT2D eigenvalue weighted by Gasteiger charge is -2.35. The number of hydrogen-bond acceptors (Lipinski definition) is 3. The third kappa shape index (κ3) is 4.41. The molecular weight excluding hydrogens is 312 g/mol. The fraction of sp³-hybridized carbons (Fsp3) is 0.286. The number of piperazine rings is 1. The van der Waals surface area contributed by atoms with Crippen molar-refractivity contribution in [1.29, 1.82) is 0 Å². The van der Waals surface area contributed by atoms with E-state index >= 15 is 0 Å². The highest BCUT2D eigenvalue weighted by Crippen LogP contribution is 2.18. The molecule has 1 saturated heterocycles. The van der Waals surface area contributed by atoms with Gasteiger partial charge in [-0.05, 0) is 48.4 Å². The fourth-order valence-corrected chi connectivity index (χ4v) is 3.03. The highest BCUT2D eigenvalue weighted by atomic mass is 16.5. The SMILES string of the molecule is COc1cccc(C=CC(=O)N2CCN(c3cccc(C)c3)CC2)c1. The second-order valence-corrected chi connectivity index (χ2v) is 6.26. The Balaban J connectivity index is 1.57. The summed E-state index contributed by atoms with van der Waals surface area (Å²) in [6, 6.07) is 16.2. The van der Waals surface area contributed by atoms with E-state index in [0.29, 0.717) is 0 Å². The smallest absolute Gasteiger partial charge is 0.246 e. The van der Waals surface area contributed by atoms with Crippen LogP contribution in [0, 0.1) is 6.92 Å². The van der Waals surface area contributed by atoms with Gasteiger partial charge in [-0.2, -0.15) is 0 Å². The summed E-state index contributed by atoms with van der Waals surface area (Å²) < 4.78 is 5.21. The third-order valence-electron chi connectivity index (χ3n) is 4.47. The summed E-state index contributed by atoms with van der Waals surface area (Å²) in [5, 5.41) is 0. The summed E-state index contributed by atoms with van der Waals surface area (Å²) >= 11 is 0. The molecule has 0 N–H and O–H groups in total. The number of nitrogens with zero attached hydrogens (tertiary/aromatic N) is 2. The number of benzene rings is 2. The molecule has 0 radical (unpaired) electrons. The number of amides is 1. The number of ether oxygens (including phenoxy) is 1. The minimum atomic E-state index is 0.0618. The van der Waals surface area contributed by atoms with Crippen molar-refractivity contribution in [3.63, 3.8) is 0 Å². The second kappa shape index (κ2) is 7.88. The second-order valence-electron chi connectivity index (χ2n) is 6.26. The number of aryl methyl sites for hydroxylation is 1. The predicted molar refractivity (Wildman–Crippen MR) is 102 cm³/mol. The number of anilines is 1. The predicted octanol–water partition coefficient (Wildman–Crippen LogP) is 3.37. The van der Waals surface area contributed by atoms with Crippen LogP contribution in [0.5, 0.6) is 5.75 Å². The Kier molecular flexibility index (Phi) is 5.39. The molecular formula is C21H24N2O2. The zero-order chi connectivity index (χ0) is 17.6. The Morgan fingerprint density at radius 3 is 2.52 bits per heavy atom. The van der Waals surface area contributed by atoms with Crippen LogP contribution in [0.3, 0.4) is 0 Å². The van der Waals surface area contributed by atoms with E-state index in [2.05, 4.69) is 36.1 Å². The van der Waals surface area contributed by atoms with Crippen LogP contribution >= 0.6 is 0 Å². The monoisotopic (exact) mass is 336 g/mol. The molecule has 2 aromatic rings. The molecule has 1 fully saturated rings. The molecule has 2 aromatic carbocycles. The lowest BCUT2D eigenvalue weighted by molar-refractivity contribution is -0.126. The normalized spacial score (nSPS) is 14.8. The largest absolute Gasteiger partial charge is 0.497 e. The highest BCUT2D eigenvalue weighted by molar-refractivity contribution is 5.92. The Bertz CT molecular complexity index is 762. The van der Waals surface area contributed by atoms with E-state index in [0.717, 1.165) is 37.5 Å². The summed E-state index contributed by atoms with van der Waals surface area (Å²) in [5.74, 6) is 0.855. The Morgan fingerprint density at radius 2 is 1.80 bits per heavy atom. The van der Waals surface area contributed by atoms with E-state index < -0.39 is 0 Å². The van der Waals surface area contributed by atoms with Gasteiger partial charge in [0.2, 0.25) is 5.91 Å². The van der Waals surface area contributed by atoms with Crippen LogP contribution in [-0.4, -0.2) is 44.1 Å². The maximum absolute atomic E-state index is 12.4. The molecule has 1 aliphatic heterocycles. The first-order valence-corrected chi connectivity index (χ1v) is 8.58. The molecule has 25 heavy (non-hydrogen) atoms. The van der Waals surface area contributed by atoms with Gasteiger partial charge >= 0.3 is 0 Å². The first kappa shape index (κ1) is 17.1. The number of carbonyl (C=O) groups is 1. The maximum atomic E-state index is 12.4. The molecule has 3 rings (SSSR count). The van der Waals surface area contributed by atoms with Crippen LogP contribution in [0.25, 0.3) is 6.08 Å². The van der Waals surface area contributed by atoms with Crippen LogP contribution in [0.2, 0.25) is 0 Å². The maximum Gasteiger partial charge on any atom is 0.246 e. The number of methoxy groups -OCH3 is 1. The van der Waals surface area contributed by atoms with Crippen molar-refractivity contribution in [3.05, 3.63) is 65.7 Å². The summed E-state index contributed by atoms with van der Waals surface area (Å²) in [7, 11) is 1.64. The lowest BCUT2D eigenvalue weighted by Crippen LogP contribution is -2.48. The molecule has 1 amide bonds.